The van der Waals surface area contributed by atoms with Crippen molar-refractivity contribution >= 4 is 16.0 Å². The van der Waals surface area contributed by atoms with Crippen molar-refractivity contribution in [2.24, 2.45) is 0 Å². The first-order valence-corrected chi connectivity index (χ1v) is 6.72. The molecule has 7 nitrogen and oxygen atoms in total. The monoisotopic (exact) mass is 284 g/mol. The Labute approximate surface area is 110 Å². The molecule has 1 rings (SSSR count). The van der Waals surface area contributed by atoms with E-state index in [2.05, 4.69) is 4.72 Å². The molecule has 8 heteroatoms. The maximum absolute atomic E-state index is 11.9. The standard InChI is InChI=1S/C11H12N2O5S/c1-7(4-5-12)13-19(17,18)8-2-3-10(14)9(6-8)11(15)16/h2-3,6-7,13-14H,4H2,1H3,(H,15,16). The molecular formula is C11H12N2O5S. The molecule has 0 aliphatic rings. The van der Waals surface area contributed by atoms with E-state index in [0.717, 1.165) is 18.2 Å². The molecular weight excluding hydrogens is 272 g/mol. The van der Waals surface area contributed by atoms with Crippen molar-refractivity contribution in [2.75, 3.05) is 0 Å². The molecule has 0 radical (unpaired) electrons. The van der Waals surface area contributed by atoms with Gasteiger partial charge < -0.3 is 10.2 Å². The number of hydrogen-bond acceptors (Lipinski definition) is 5. The second kappa shape index (κ2) is 5.69. The lowest BCUT2D eigenvalue weighted by molar-refractivity contribution is 0.0693. The van der Waals surface area contributed by atoms with Crippen LogP contribution in [0.3, 0.4) is 0 Å². The van der Waals surface area contributed by atoms with Crippen LogP contribution in [0.15, 0.2) is 23.1 Å². The quantitative estimate of drug-likeness (QED) is 0.729. The van der Waals surface area contributed by atoms with Gasteiger partial charge in [-0.15, -0.1) is 0 Å². The largest absolute Gasteiger partial charge is 0.507 e. The lowest BCUT2D eigenvalue weighted by atomic mass is 10.2. The van der Waals surface area contributed by atoms with Crippen molar-refractivity contribution < 1.29 is 23.4 Å². The van der Waals surface area contributed by atoms with E-state index < -0.39 is 33.3 Å². The molecule has 0 spiro atoms. The lowest BCUT2D eigenvalue weighted by Crippen LogP contribution is -2.32. The second-order valence-electron chi connectivity index (χ2n) is 3.87. The number of carboxylic acids is 1. The number of carboxylic acid groups (broad SMARTS) is 1. The second-order valence-corrected chi connectivity index (χ2v) is 5.58. The molecule has 0 saturated carbocycles. The van der Waals surface area contributed by atoms with Crippen LogP contribution < -0.4 is 4.72 Å². The minimum Gasteiger partial charge on any atom is -0.507 e. The van der Waals surface area contributed by atoms with E-state index in [0.29, 0.717) is 0 Å². The van der Waals surface area contributed by atoms with E-state index in [4.69, 9.17) is 10.4 Å². The van der Waals surface area contributed by atoms with Gasteiger partial charge in [-0.2, -0.15) is 5.26 Å². The molecule has 0 amide bonds. The number of rotatable bonds is 5. The summed E-state index contributed by atoms with van der Waals surface area (Å²) in [4.78, 5) is 10.5. The summed E-state index contributed by atoms with van der Waals surface area (Å²) in [5.41, 5.74) is -0.504. The molecule has 1 aromatic rings. The normalized spacial score (nSPS) is 12.6. The first-order valence-electron chi connectivity index (χ1n) is 5.23. The summed E-state index contributed by atoms with van der Waals surface area (Å²) in [6.45, 7) is 1.51. The number of nitrogens with one attached hydrogen (secondary N) is 1. The van der Waals surface area contributed by atoms with Crippen LogP contribution in [0.2, 0.25) is 0 Å². The number of aromatic hydroxyl groups is 1. The van der Waals surface area contributed by atoms with Gasteiger partial charge in [0.25, 0.3) is 0 Å². The topological polar surface area (TPSA) is 127 Å². The zero-order chi connectivity index (χ0) is 14.6. The smallest absolute Gasteiger partial charge is 0.339 e. The van der Waals surface area contributed by atoms with Crippen molar-refractivity contribution in [1.29, 1.82) is 5.26 Å². The summed E-state index contributed by atoms with van der Waals surface area (Å²) < 4.78 is 26.1. The Hall–Kier alpha value is -2.11. The maximum Gasteiger partial charge on any atom is 0.339 e. The molecule has 3 N–H and O–H groups in total. The Kier molecular flexibility index (Phi) is 4.47. The molecule has 19 heavy (non-hydrogen) atoms. The zero-order valence-corrected chi connectivity index (χ0v) is 10.8. The van der Waals surface area contributed by atoms with Crippen LogP contribution >= 0.6 is 0 Å². The van der Waals surface area contributed by atoms with Crippen molar-refractivity contribution in [3.05, 3.63) is 23.8 Å². The van der Waals surface area contributed by atoms with Gasteiger partial charge in [0.2, 0.25) is 10.0 Å². The van der Waals surface area contributed by atoms with Gasteiger partial charge in [0.05, 0.1) is 17.4 Å². The number of nitriles is 1. The Morgan fingerprint density at radius 2 is 2.16 bits per heavy atom. The molecule has 0 bridgehead atoms. The average Bonchev–Trinajstić information content (AvgIpc) is 2.28. The summed E-state index contributed by atoms with van der Waals surface area (Å²) in [7, 11) is -3.93. The van der Waals surface area contributed by atoms with Crippen molar-refractivity contribution in [2.45, 2.75) is 24.3 Å². The fraction of sp³-hybridized carbons (Fsp3) is 0.273. The first kappa shape index (κ1) is 14.9. The Morgan fingerprint density at radius 3 is 2.68 bits per heavy atom. The van der Waals surface area contributed by atoms with Crippen LogP contribution in [0.5, 0.6) is 5.75 Å². The van der Waals surface area contributed by atoms with Crippen LogP contribution in [-0.2, 0) is 10.0 Å². The predicted octanol–water partition coefficient (Wildman–Crippen LogP) is 0.671. The summed E-state index contributed by atoms with van der Waals surface area (Å²) in [6, 6.07) is 4.16. The van der Waals surface area contributed by atoms with E-state index >= 15 is 0 Å². The van der Waals surface area contributed by atoms with Crippen molar-refractivity contribution in [3.63, 3.8) is 0 Å². The van der Waals surface area contributed by atoms with E-state index in [9.17, 15) is 18.3 Å². The molecule has 0 saturated heterocycles. The molecule has 102 valence electrons. The number of benzene rings is 1. The van der Waals surface area contributed by atoms with Crippen LogP contribution in [0.4, 0.5) is 0 Å². The van der Waals surface area contributed by atoms with E-state index in [1.807, 2.05) is 6.07 Å². The van der Waals surface area contributed by atoms with Gasteiger partial charge in [0, 0.05) is 6.04 Å². The molecule has 0 aromatic heterocycles. The highest BCUT2D eigenvalue weighted by molar-refractivity contribution is 7.89. The first-order chi connectivity index (χ1) is 8.77. The summed E-state index contributed by atoms with van der Waals surface area (Å²) in [5, 5.41) is 26.6. The molecule has 0 aliphatic heterocycles. The minimum atomic E-state index is -3.93. The van der Waals surface area contributed by atoms with E-state index in [-0.39, 0.29) is 11.3 Å². The van der Waals surface area contributed by atoms with Gasteiger partial charge in [0.15, 0.2) is 0 Å². The van der Waals surface area contributed by atoms with Gasteiger partial charge in [-0.25, -0.2) is 17.9 Å². The number of nitrogens with zero attached hydrogens (tertiary/aromatic N) is 1. The Balaban J connectivity index is 3.13. The molecule has 1 unspecified atom stereocenters. The van der Waals surface area contributed by atoms with E-state index in [1.165, 1.54) is 6.92 Å². The highest BCUT2D eigenvalue weighted by atomic mass is 32.2. The van der Waals surface area contributed by atoms with Crippen LogP contribution in [-0.4, -0.2) is 30.6 Å². The average molecular weight is 284 g/mol. The fourth-order valence-electron chi connectivity index (χ4n) is 1.37. The zero-order valence-electron chi connectivity index (χ0n) is 9.99. The van der Waals surface area contributed by atoms with Crippen LogP contribution in [0.25, 0.3) is 0 Å². The third-order valence-corrected chi connectivity index (χ3v) is 3.85. The molecule has 0 fully saturated rings. The number of phenols is 1. The van der Waals surface area contributed by atoms with Crippen molar-refractivity contribution in [1.82, 2.24) is 4.72 Å². The summed E-state index contributed by atoms with van der Waals surface area (Å²) >= 11 is 0. The number of aromatic carboxylic acids is 1. The predicted molar refractivity (Wildman–Crippen MR) is 65.1 cm³/mol. The van der Waals surface area contributed by atoms with Gasteiger partial charge in [-0.1, -0.05) is 0 Å². The van der Waals surface area contributed by atoms with Crippen molar-refractivity contribution in [3.8, 4) is 11.8 Å². The number of carbonyl (C=O) groups is 1. The molecule has 0 heterocycles. The number of hydrogen-bond donors (Lipinski definition) is 3. The Bertz CT molecular complexity index is 633. The SMILES string of the molecule is CC(CC#N)NS(=O)(=O)c1ccc(O)c(C(=O)O)c1. The maximum atomic E-state index is 11.9. The summed E-state index contributed by atoms with van der Waals surface area (Å²) in [6.07, 6.45) is -0.0108. The highest BCUT2D eigenvalue weighted by Gasteiger charge is 2.20. The van der Waals surface area contributed by atoms with Crippen LogP contribution in [0.1, 0.15) is 23.7 Å². The molecule has 0 aliphatic carbocycles. The van der Waals surface area contributed by atoms with Gasteiger partial charge in [-0.05, 0) is 25.1 Å². The molecule has 1 aromatic carbocycles. The number of sulfonamides is 1. The third-order valence-electron chi connectivity index (χ3n) is 2.26. The lowest BCUT2D eigenvalue weighted by Gasteiger charge is -2.11. The Morgan fingerprint density at radius 1 is 1.53 bits per heavy atom. The highest BCUT2D eigenvalue weighted by Crippen LogP contribution is 2.21. The van der Waals surface area contributed by atoms with Gasteiger partial charge in [0.1, 0.15) is 11.3 Å². The van der Waals surface area contributed by atoms with E-state index in [1.54, 1.807) is 0 Å². The van der Waals surface area contributed by atoms with Gasteiger partial charge >= 0.3 is 5.97 Å². The van der Waals surface area contributed by atoms with Crippen LogP contribution in [0, 0.1) is 11.3 Å². The minimum absolute atomic E-state index is 0.0108. The summed E-state index contributed by atoms with van der Waals surface area (Å²) in [5.74, 6) is -1.95. The molecule has 1 atom stereocenters. The fourth-order valence-corrected chi connectivity index (χ4v) is 2.63. The third kappa shape index (κ3) is 3.67. The van der Waals surface area contributed by atoms with Gasteiger partial charge in [-0.3, -0.25) is 0 Å².